The Hall–Kier alpha value is -1.70. The number of amides is 1. The highest BCUT2D eigenvalue weighted by Crippen LogP contribution is 2.15. The average Bonchev–Trinajstić information content (AvgIpc) is 2.45. The maximum Gasteiger partial charge on any atom is 0.254 e. The van der Waals surface area contributed by atoms with Crippen molar-refractivity contribution in [2.24, 2.45) is 5.84 Å². The van der Waals surface area contributed by atoms with Crippen LogP contribution >= 0.6 is 0 Å². The Bertz CT molecular complexity index is 466. The van der Waals surface area contributed by atoms with E-state index in [0.717, 1.165) is 0 Å². The lowest BCUT2D eigenvalue weighted by Crippen LogP contribution is -2.50. The third-order valence-electron chi connectivity index (χ3n) is 3.05. The number of aliphatic hydroxyl groups excluding tert-OH is 1. The van der Waals surface area contributed by atoms with Gasteiger partial charge in [0.1, 0.15) is 5.82 Å². The predicted molar refractivity (Wildman–Crippen MR) is 69.5 cm³/mol. The molecule has 0 aromatic carbocycles. The molecular weight excluding hydrogens is 248 g/mol. The Morgan fingerprint density at radius 2 is 2.47 bits per heavy atom. The smallest absolute Gasteiger partial charge is 0.254 e. The number of aliphatic hydroxyl groups is 1. The van der Waals surface area contributed by atoms with Gasteiger partial charge in [0.2, 0.25) is 0 Å². The van der Waals surface area contributed by atoms with Gasteiger partial charge in [0, 0.05) is 17.8 Å². The molecule has 1 fully saturated rings. The molecule has 0 bridgehead atoms. The number of aryl methyl sites for hydroxylation is 1. The number of carbonyl (C=O) groups is 1. The third kappa shape index (κ3) is 3.01. The molecular formula is C12H18N4O3. The Balaban J connectivity index is 2.24. The highest BCUT2D eigenvalue weighted by atomic mass is 16.5. The number of aromatic nitrogens is 1. The van der Waals surface area contributed by atoms with Crippen molar-refractivity contribution in [3.8, 4) is 0 Å². The summed E-state index contributed by atoms with van der Waals surface area (Å²) in [6, 6.07) is 3.00. The molecule has 1 aromatic heterocycles. The van der Waals surface area contributed by atoms with Crippen molar-refractivity contribution in [1.82, 2.24) is 9.88 Å². The predicted octanol–water partition coefficient (Wildman–Crippen LogP) is -0.491. The molecule has 1 saturated heterocycles. The number of hydrogen-bond donors (Lipinski definition) is 3. The van der Waals surface area contributed by atoms with Gasteiger partial charge in [0.25, 0.3) is 5.91 Å². The van der Waals surface area contributed by atoms with Crippen molar-refractivity contribution < 1.29 is 14.6 Å². The van der Waals surface area contributed by atoms with E-state index >= 15 is 0 Å². The Morgan fingerprint density at radius 3 is 3.16 bits per heavy atom. The van der Waals surface area contributed by atoms with Crippen molar-refractivity contribution >= 4 is 11.7 Å². The quantitative estimate of drug-likeness (QED) is 0.504. The maximum atomic E-state index is 12.5. The number of carbonyl (C=O) groups excluding carboxylic acids is 1. The first kappa shape index (κ1) is 13.7. The van der Waals surface area contributed by atoms with E-state index in [0.29, 0.717) is 36.8 Å². The molecule has 7 heteroatoms. The van der Waals surface area contributed by atoms with Gasteiger partial charge in [-0.1, -0.05) is 0 Å². The van der Waals surface area contributed by atoms with Crippen LogP contribution in [-0.2, 0) is 4.74 Å². The van der Waals surface area contributed by atoms with Crippen LogP contribution < -0.4 is 11.3 Å². The molecule has 0 saturated carbocycles. The molecule has 1 unspecified atom stereocenters. The summed E-state index contributed by atoms with van der Waals surface area (Å²) in [5.41, 5.74) is 3.64. The molecule has 2 heterocycles. The van der Waals surface area contributed by atoms with Crippen molar-refractivity contribution in [3.63, 3.8) is 0 Å². The molecule has 1 amide bonds. The second-order valence-corrected chi connectivity index (χ2v) is 4.44. The fourth-order valence-corrected chi connectivity index (χ4v) is 2.11. The van der Waals surface area contributed by atoms with E-state index in [2.05, 4.69) is 10.4 Å². The van der Waals surface area contributed by atoms with Gasteiger partial charge in [-0.3, -0.25) is 4.79 Å². The SMILES string of the molecule is Cc1cc(C(=O)N2CCOCC2CO)cc(NN)n1. The normalized spacial score (nSPS) is 19.3. The van der Waals surface area contributed by atoms with Crippen molar-refractivity contribution in [2.45, 2.75) is 13.0 Å². The fourth-order valence-electron chi connectivity index (χ4n) is 2.11. The Morgan fingerprint density at radius 1 is 1.68 bits per heavy atom. The minimum absolute atomic E-state index is 0.113. The van der Waals surface area contributed by atoms with Crippen LogP contribution in [0.15, 0.2) is 12.1 Å². The number of anilines is 1. The number of ether oxygens (including phenoxy) is 1. The van der Waals surface area contributed by atoms with Crippen molar-refractivity contribution in [1.29, 1.82) is 0 Å². The van der Waals surface area contributed by atoms with Crippen LogP contribution in [0.3, 0.4) is 0 Å². The van der Waals surface area contributed by atoms with Gasteiger partial charge >= 0.3 is 0 Å². The van der Waals surface area contributed by atoms with Crippen LogP contribution in [0.5, 0.6) is 0 Å². The number of rotatable bonds is 3. The fraction of sp³-hybridized carbons (Fsp3) is 0.500. The molecule has 0 aliphatic carbocycles. The zero-order valence-corrected chi connectivity index (χ0v) is 10.8. The van der Waals surface area contributed by atoms with Gasteiger partial charge in [-0.25, -0.2) is 10.8 Å². The molecule has 7 nitrogen and oxygen atoms in total. The standard InChI is InChI=1S/C12H18N4O3/c1-8-4-9(5-11(14-8)15-13)12(18)16-2-3-19-7-10(16)6-17/h4-5,10,17H,2-3,6-7,13H2,1H3,(H,14,15). The summed E-state index contributed by atoms with van der Waals surface area (Å²) in [6.07, 6.45) is 0. The van der Waals surface area contributed by atoms with E-state index in [9.17, 15) is 9.90 Å². The highest BCUT2D eigenvalue weighted by Gasteiger charge is 2.27. The van der Waals surface area contributed by atoms with Gasteiger partial charge in [0.15, 0.2) is 0 Å². The van der Waals surface area contributed by atoms with Gasteiger partial charge in [0.05, 0.1) is 25.9 Å². The second-order valence-electron chi connectivity index (χ2n) is 4.44. The van der Waals surface area contributed by atoms with E-state index < -0.39 is 0 Å². The van der Waals surface area contributed by atoms with Crippen LogP contribution in [0.1, 0.15) is 16.1 Å². The van der Waals surface area contributed by atoms with Crippen LogP contribution in [0.4, 0.5) is 5.82 Å². The number of nitrogen functional groups attached to an aromatic ring is 1. The third-order valence-corrected chi connectivity index (χ3v) is 3.05. The lowest BCUT2D eigenvalue weighted by atomic mass is 10.1. The summed E-state index contributed by atoms with van der Waals surface area (Å²) < 4.78 is 5.26. The lowest BCUT2D eigenvalue weighted by molar-refractivity contribution is -0.0184. The number of nitrogens with zero attached hydrogens (tertiary/aromatic N) is 2. The molecule has 0 spiro atoms. The summed E-state index contributed by atoms with van der Waals surface area (Å²) >= 11 is 0. The topological polar surface area (TPSA) is 101 Å². The maximum absolute atomic E-state index is 12.5. The molecule has 1 aromatic rings. The number of nitrogens with two attached hydrogens (primary N) is 1. The summed E-state index contributed by atoms with van der Waals surface area (Å²) in [5.74, 6) is 5.62. The minimum Gasteiger partial charge on any atom is -0.394 e. The zero-order valence-electron chi connectivity index (χ0n) is 10.8. The summed E-state index contributed by atoms with van der Waals surface area (Å²) in [6.45, 7) is 2.98. The number of pyridine rings is 1. The largest absolute Gasteiger partial charge is 0.394 e. The number of morpholine rings is 1. The first-order valence-electron chi connectivity index (χ1n) is 6.10. The van der Waals surface area contributed by atoms with E-state index in [1.165, 1.54) is 0 Å². The zero-order chi connectivity index (χ0) is 13.8. The van der Waals surface area contributed by atoms with E-state index in [4.69, 9.17) is 10.6 Å². The Kier molecular flexibility index (Phi) is 4.31. The molecule has 104 valence electrons. The lowest BCUT2D eigenvalue weighted by Gasteiger charge is -2.34. The highest BCUT2D eigenvalue weighted by molar-refractivity contribution is 5.95. The van der Waals surface area contributed by atoms with Crippen molar-refractivity contribution in [3.05, 3.63) is 23.4 Å². The van der Waals surface area contributed by atoms with Gasteiger partial charge < -0.3 is 20.2 Å². The first-order chi connectivity index (χ1) is 9.15. The van der Waals surface area contributed by atoms with Gasteiger partial charge in [-0.15, -0.1) is 0 Å². The van der Waals surface area contributed by atoms with Crippen LogP contribution in [0.2, 0.25) is 0 Å². The average molecular weight is 266 g/mol. The van der Waals surface area contributed by atoms with E-state index in [-0.39, 0.29) is 18.6 Å². The van der Waals surface area contributed by atoms with Crippen LogP contribution in [0.25, 0.3) is 0 Å². The van der Waals surface area contributed by atoms with Gasteiger partial charge in [-0.05, 0) is 19.1 Å². The van der Waals surface area contributed by atoms with Crippen LogP contribution in [0, 0.1) is 6.92 Å². The second kappa shape index (κ2) is 5.96. The number of hydrazine groups is 1. The van der Waals surface area contributed by atoms with Crippen molar-refractivity contribution in [2.75, 3.05) is 31.8 Å². The molecule has 2 rings (SSSR count). The summed E-state index contributed by atoms with van der Waals surface area (Å²) in [5, 5.41) is 9.29. The minimum atomic E-state index is -0.302. The number of hydrogen-bond acceptors (Lipinski definition) is 6. The summed E-state index contributed by atoms with van der Waals surface area (Å²) in [7, 11) is 0. The molecule has 19 heavy (non-hydrogen) atoms. The van der Waals surface area contributed by atoms with E-state index in [1.807, 2.05) is 0 Å². The first-order valence-corrected chi connectivity index (χ1v) is 6.10. The summed E-state index contributed by atoms with van der Waals surface area (Å²) in [4.78, 5) is 18.2. The molecule has 1 aliphatic rings. The number of nitrogens with one attached hydrogen (secondary N) is 1. The molecule has 1 atom stereocenters. The Labute approximate surface area is 111 Å². The van der Waals surface area contributed by atoms with E-state index in [1.54, 1.807) is 24.0 Å². The monoisotopic (exact) mass is 266 g/mol. The molecule has 0 radical (unpaired) electrons. The molecule has 1 aliphatic heterocycles. The van der Waals surface area contributed by atoms with Crippen LogP contribution in [-0.4, -0.2) is 53.3 Å². The molecule has 4 N–H and O–H groups in total. The van der Waals surface area contributed by atoms with Gasteiger partial charge in [-0.2, -0.15) is 0 Å².